The van der Waals surface area contributed by atoms with Crippen LogP contribution in [0.4, 0.5) is 0 Å². The fraction of sp³-hybridized carbons (Fsp3) is 0.111. The van der Waals surface area contributed by atoms with Crippen LogP contribution in [0.2, 0.25) is 0 Å². The Kier molecular flexibility index (Phi) is 2.77. The van der Waals surface area contributed by atoms with Gasteiger partial charge >= 0.3 is 0 Å². The van der Waals surface area contributed by atoms with E-state index in [1.807, 2.05) is 0 Å². The molecule has 2 aliphatic carbocycles. The number of aryl methyl sites for hydroxylation is 2. The van der Waals surface area contributed by atoms with Gasteiger partial charge in [0, 0.05) is 0 Å². The van der Waals surface area contributed by atoms with Gasteiger partial charge in [0.1, 0.15) is 0 Å². The lowest BCUT2D eigenvalue weighted by Gasteiger charge is -2.31. The Hall–Kier alpha value is -3.12. The maximum atomic E-state index is 2.34. The molecule has 4 aromatic rings. The summed E-state index contributed by atoms with van der Waals surface area (Å²) in [5, 5.41) is 0. The van der Waals surface area contributed by atoms with Gasteiger partial charge < -0.3 is 0 Å². The highest BCUT2D eigenvalue weighted by molar-refractivity contribution is 5.96. The second kappa shape index (κ2) is 4.98. The summed E-state index contributed by atoms with van der Waals surface area (Å²) in [5.74, 6) is 0. The SMILES string of the molecule is Cc1ccc(C)c2c1-c1ccccc1C21c2ccccc2-c2ccccc21. The average molecular weight is 344 g/mol. The summed E-state index contributed by atoms with van der Waals surface area (Å²) in [6.07, 6.45) is 0. The molecular weight excluding hydrogens is 324 g/mol. The molecule has 6 rings (SSSR count). The second-order valence-electron chi connectivity index (χ2n) is 7.84. The molecule has 0 unspecified atom stereocenters. The Bertz CT molecular complexity index is 1200. The standard InChI is InChI=1S/C27H20/c1-17-15-16-18(2)26-25(17)21-11-5-8-14-24(21)27(26)22-12-6-3-9-19(22)20-10-4-7-13-23(20)27/h3-16H,1-2H3. The molecule has 4 aromatic carbocycles. The number of fused-ring (bicyclic) bond motifs is 10. The predicted octanol–water partition coefficient (Wildman–Crippen LogP) is 6.65. The minimum atomic E-state index is -0.199. The van der Waals surface area contributed by atoms with Crippen molar-refractivity contribution in [1.82, 2.24) is 0 Å². The van der Waals surface area contributed by atoms with E-state index in [1.165, 1.54) is 55.6 Å². The van der Waals surface area contributed by atoms with Crippen LogP contribution in [0.1, 0.15) is 33.4 Å². The zero-order chi connectivity index (χ0) is 18.2. The van der Waals surface area contributed by atoms with Crippen molar-refractivity contribution < 1.29 is 0 Å². The molecule has 0 nitrogen and oxygen atoms in total. The van der Waals surface area contributed by atoms with Crippen LogP contribution in [0, 0.1) is 13.8 Å². The molecule has 0 saturated carbocycles. The topological polar surface area (TPSA) is 0 Å². The first-order chi connectivity index (χ1) is 13.2. The first kappa shape index (κ1) is 15.0. The van der Waals surface area contributed by atoms with E-state index in [0.717, 1.165) is 0 Å². The molecule has 0 saturated heterocycles. The van der Waals surface area contributed by atoms with E-state index >= 15 is 0 Å². The van der Waals surface area contributed by atoms with E-state index in [0.29, 0.717) is 0 Å². The van der Waals surface area contributed by atoms with Crippen molar-refractivity contribution in [3.63, 3.8) is 0 Å². The third kappa shape index (κ3) is 1.60. The van der Waals surface area contributed by atoms with E-state index in [2.05, 4.69) is 98.8 Å². The van der Waals surface area contributed by atoms with Crippen molar-refractivity contribution in [3.05, 3.63) is 118 Å². The van der Waals surface area contributed by atoms with E-state index in [9.17, 15) is 0 Å². The van der Waals surface area contributed by atoms with Crippen molar-refractivity contribution in [2.75, 3.05) is 0 Å². The Morgan fingerprint density at radius 2 is 0.926 bits per heavy atom. The molecule has 0 heteroatoms. The average Bonchev–Trinajstić information content (AvgIpc) is 3.19. The van der Waals surface area contributed by atoms with E-state index in [-0.39, 0.29) is 5.41 Å². The van der Waals surface area contributed by atoms with Gasteiger partial charge in [-0.15, -0.1) is 0 Å². The molecule has 0 fully saturated rings. The third-order valence-corrected chi connectivity index (χ3v) is 6.55. The van der Waals surface area contributed by atoms with Crippen LogP contribution in [0.25, 0.3) is 22.3 Å². The van der Waals surface area contributed by atoms with Crippen LogP contribution < -0.4 is 0 Å². The molecule has 0 amide bonds. The predicted molar refractivity (Wildman–Crippen MR) is 112 cm³/mol. The van der Waals surface area contributed by atoms with Crippen LogP contribution >= 0.6 is 0 Å². The smallest absolute Gasteiger partial charge is 0.0619 e. The first-order valence-corrected chi connectivity index (χ1v) is 9.64. The molecule has 0 aliphatic heterocycles. The molecule has 0 aromatic heterocycles. The molecule has 0 N–H and O–H groups in total. The van der Waals surface area contributed by atoms with E-state index in [4.69, 9.17) is 0 Å². The Morgan fingerprint density at radius 1 is 0.481 bits per heavy atom. The van der Waals surface area contributed by atoms with Crippen molar-refractivity contribution in [1.29, 1.82) is 0 Å². The van der Waals surface area contributed by atoms with Gasteiger partial charge in [0.05, 0.1) is 5.41 Å². The van der Waals surface area contributed by atoms with Gasteiger partial charge in [-0.25, -0.2) is 0 Å². The van der Waals surface area contributed by atoms with Crippen LogP contribution in [-0.2, 0) is 5.41 Å². The van der Waals surface area contributed by atoms with Gasteiger partial charge in [0.25, 0.3) is 0 Å². The molecule has 1 spiro atoms. The lowest BCUT2D eigenvalue weighted by molar-refractivity contribution is 0.786. The lowest BCUT2D eigenvalue weighted by Crippen LogP contribution is -2.26. The van der Waals surface area contributed by atoms with Crippen molar-refractivity contribution in [2.45, 2.75) is 19.3 Å². The van der Waals surface area contributed by atoms with Gasteiger partial charge in [0.2, 0.25) is 0 Å². The van der Waals surface area contributed by atoms with Gasteiger partial charge in [-0.3, -0.25) is 0 Å². The fourth-order valence-electron chi connectivity index (χ4n) is 5.60. The minimum Gasteiger partial charge on any atom is -0.0619 e. The first-order valence-electron chi connectivity index (χ1n) is 9.64. The zero-order valence-electron chi connectivity index (χ0n) is 15.6. The van der Waals surface area contributed by atoms with Crippen molar-refractivity contribution in [2.24, 2.45) is 0 Å². The summed E-state index contributed by atoms with van der Waals surface area (Å²) < 4.78 is 0. The molecule has 0 radical (unpaired) electrons. The van der Waals surface area contributed by atoms with Crippen LogP contribution in [0.3, 0.4) is 0 Å². The second-order valence-corrected chi connectivity index (χ2v) is 7.84. The van der Waals surface area contributed by atoms with Crippen LogP contribution in [0.5, 0.6) is 0 Å². The maximum Gasteiger partial charge on any atom is 0.0728 e. The highest BCUT2D eigenvalue weighted by atomic mass is 14.5. The van der Waals surface area contributed by atoms with E-state index in [1.54, 1.807) is 0 Å². The number of benzene rings is 4. The zero-order valence-corrected chi connectivity index (χ0v) is 15.6. The largest absolute Gasteiger partial charge is 0.0728 e. The number of rotatable bonds is 0. The minimum absolute atomic E-state index is 0.199. The molecule has 128 valence electrons. The molecule has 0 bridgehead atoms. The number of hydrogen-bond acceptors (Lipinski definition) is 0. The molecule has 0 heterocycles. The van der Waals surface area contributed by atoms with Gasteiger partial charge in [-0.1, -0.05) is 84.9 Å². The van der Waals surface area contributed by atoms with E-state index < -0.39 is 0 Å². The van der Waals surface area contributed by atoms with Gasteiger partial charge in [0.15, 0.2) is 0 Å². The maximum absolute atomic E-state index is 2.34. The van der Waals surface area contributed by atoms with Crippen molar-refractivity contribution in [3.8, 4) is 22.3 Å². The summed E-state index contributed by atoms with van der Waals surface area (Å²) in [7, 11) is 0. The fourth-order valence-corrected chi connectivity index (χ4v) is 5.60. The quantitative estimate of drug-likeness (QED) is 0.289. The Balaban J connectivity index is 1.91. The van der Waals surface area contributed by atoms with Gasteiger partial charge in [-0.2, -0.15) is 0 Å². The Morgan fingerprint density at radius 3 is 1.52 bits per heavy atom. The molecule has 0 atom stereocenters. The monoisotopic (exact) mass is 344 g/mol. The molecular formula is C27H20. The summed E-state index contributed by atoms with van der Waals surface area (Å²) in [6.45, 7) is 4.52. The summed E-state index contributed by atoms with van der Waals surface area (Å²) in [5.41, 5.74) is 13.8. The molecule has 27 heavy (non-hydrogen) atoms. The number of hydrogen-bond donors (Lipinski definition) is 0. The van der Waals surface area contributed by atoms with Crippen LogP contribution in [-0.4, -0.2) is 0 Å². The normalized spacial score (nSPS) is 14.6. The third-order valence-electron chi connectivity index (χ3n) is 6.55. The van der Waals surface area contributed by atoms with Crippen LogP contribution in [0.15, 0.2) is 84.9 Å². The van der Waals surface area contributed by atoms with Crippen molar-refractivity contribution >= 4 is 0 Å². The highest BCUT2D eigenvalue weighted by Gasteiger charge is 2.52. The Labute approximate surface area is 160 Å². The summed E-state index contributed by atoms with van der Waals surface area (Å²) in [4.78, 5) is 0. The summed E-state index contributed by atoms with van der Waals surface area (Å²) >= 11 is 0. The highest BCUT2D eigenvalue weighted by Crippen LogP contribution is 2.63. The summed E-state index contributed by atoms with van der Waals surface area (Å²) in [6, 6.07) is 31.6. The van der Waals surface area contributed by atoms with Gasteiger partial charge in [-0.05, 0) is 69.5 Å². The lowest BCUT2D eigenvalue weighted by atomic mass is 9.69. The molecule has 2 aliphatic rings.